The van der Waals surface area contributed by atoms with Gasteiger partial charge in [0.1, 0.15) is 5.75 Å². The van der Waals surface area contributed by atoms with E-state index in [4.69, 9.17) is 22.2 Å². The number of rotatable bonds is 5. The van der Waals surface area contributed by atoms with Crippen LogP contribution in [0.2, 0.25) is 5.02 Å². The molecule has 0 spiro atoms. The molecule has 0 amide bonds. The van der Waals surface area contributed by atoms with Crippen molar-refractivity contribution in [2.75, 3.05) is 7.11 Å². The predicted molar refractivity (Wildman–Crippen MR) is 90.7 cm³/mol. The molecule has 0 heterocycles. The highest BCUT2D eigenvalue weighted by Gasteiger charge is 2.16. The number of hydrogen-bond donors (Lipinski definition) is 2. The smallest absolute Gasteiger partial charge is 0.122 e. The zero-order chi connectivity index (χ0) is 15.4. The Labute approximate surface area is 138 Å². The summed E-state index contributed by atoms with van der Waals surface area (Å²) in [5.41, 5.74) is 6.24. The maximum absolute atomic E-state index is 6.09. The molecular weight excluding hydrogens is 352 g/mol. The highest BCUT2D eigenvalue weighted by Crippen LogP contribution is 2.29. The van der Waals surface area contributed by atoms with E-state index in [-0.39, 0.29) is 6.04 Å². The second kappa shape index (κ2) is 7.27. The highest BCUT2D eigenvalue weighted by molar-refractivity contribution is 9.10. The van der Waals surface area contributed by atoms with Crippen LogP contribution in [0.4, 0.5) is 0 Å². The van der Waals surface area contributed by atoms with Crippen LogP contribution in [-0.4, -0.2) is 7.11 Å². The van der Waals surface area contributed by atoms with E-state index in [1.54, 1.807) is 7.11 Å². The standard InChI is InChI=1S/C16H18BrClN2O/c1-10-7-12(17)3-5-14(10)15(20-19)9-11-8-13(18)4-6-16(11)21-2/h3-8,15,20H,9,19H2,1-2H3. The molecule has 0 aromatic heterocycles. The van der Waals surface area contributed by atoms with Gasteiger partial charge < -0.3 is 4.74 Å². The second-order valence-electron chi connectivity index (χ2n) is 4.88. The molecule has 1 atom stereocenters. The summed E-state index contributed by atoms with van der Waals surface area (Å²) in [4.78, 5) is 0. The molecule has 0 aliphatic carbocycles. The van der Waals surface area contributed by atoms with Gasteiger partial charge in [0, 0.05) is 9.50 Å². The molecule has 1 unspecified atom stereocenters. The third-order valence-electron chi connectivity index (χ3n) is 3.47. The first-order valence-corrected chi connectivity index (χ1v) is 7.77. The number of methoxy groups -OCH3 is 1. The first-order valence-electron chi connectivity index (χ1n) is 6.59. The van der Waals surface area contributed by atoms with Crippen LogP contribution in [0.15, 0.2) is 40.9 Å². The van der Waals surface area contributed by atoms with Crippen LogP contribution < -0.4 is 16.0 Å². The van der Waals surface area contributed by atoms with Gasteiger partial charge in [-0.3, -0.25) is 11.3 Å². The normalized spacial score (nSPS) is 12.2. The molecule has 2 aromatic carbocycles. The van der Waals surface area contributed by atoms with E-state index >= 15 is 0 Å². The van der Waals surface area contributed by atoms with E-state index < -0.39 is 0 Å². The quantitative estimate of drug-likeness (QED) is 0.614. The number of hydrogen-bond acceptors (Lipinski definition) is 3. The Hall–Kier alpha value is -1.07. The Morgan fingerprint density at radius 3 is 2.67 bits per heavy atom. The van der Waals surface area contributed by atoms with Gasteiger partial charge in [-0.15, -0.1) is 0 Å². The maximum Gasteiger partial charge on any atom is 0.122 e. The van der Waals surface area contributed by atoms with Crippen molar-refractivity contribution in [1.29, 1.82) is 0 Å². The first kappa shape index (κ1) is 16.3. The van der Waals surface area contributed by atoms with Crippen LogP contribution in [0, 0.1) is 6.92 Å². The molecule has 21 heavy (non-hydrogen) atoms. The van der Waals surface area contributed by atoms with Crippen molar-refractivity contribution in [2.45, 2.75) is 19.4 Å². The number of ether oxygens (including phenoxy) is 1. The summed E-state index contributed by atoms with van der Waals surface area (Å²) in [7, 11) is 1.66. The van der Waals surface area contributed by atoms with Crippen LogP contribution in [0.1, 0.15) is 22.7 Å². The highest BCUT2D eigenvalue weighted by atomic mass is 79.9. The number of hydrazine groups is 1. The van der Waals surface area contributed by atoms with Gasteiger partial charge in [-0.1, -0.05) is 33.6 Å². The molecule has 2 rings (SSSR count). The Bertz CT molecular complexity index is 634. The van der Waals surface area contributed by atoms with Crippen LogP contribution in [0.25, 0.3) is 0 Å². The lowest BCUT2D eigenvalue weighted by molar-refractivity contribution is 0.405. The van der Waals surface area contributed by atoms with E-state index in [9.17, 15) is 0 Å². The van der Waals surface area contributed by atoms with E-state index in [0.29, 0.717) is 11.4 Å². The summed E-state index contributed by atoms with van der Waals surface area (Å²) in [6, 6.07) is 11.8. The largest absolute Gasteiger partial charge is 0.496 e. The van der Waals surface area contributed by atoms with Crippen LogP contribution in [0.3, 0.4) is 0 Å². The third kappa shape index (κ3) is 3.98. The fourth-order valence-electron chi connectivity index (χ4n) is 2.42. The molecule has 0 saturated heterocycles. The lowest BCUT2D eigenvalue weighted by atomic mass is 9.95. The molecule has 112 valence electrons. The molecule has 0 saturated carbocycles. The topological polar surface area (TPSA) is 47.3 Å². The average molecular weight is 370 g/mol. The van der Waals surface area contributed by atoms with Crippen LogP contribution in [0.5, 0.6) is 5.75 Å². The minimum atomic E-state index is -0.00883. The van der Waals surface area contributed by atoms with E-state index in [1.165, 1.54) is 5.56 Å². The Kier molecular flexibility index (Phi) is 5.65. The molecule has 3 N–H and O–H groups in total. The second-order valence-corrected chi connectivity index (χ2v) is 6.23. The summed E-state index contributed by atoms with van der Waals surface area (Å²) in [6.45, 7) is 2.07. The Morgan fingerprint density at radius 1 is 1.29 bits per heavy atom. The molecule has 5 heteroatoms. The number of nitrogens with two attached hydrogens (primary N) is 1. The van der Waals surface area contributed by atoms with Crippen LogP contribution in [-0.2, 0) is 6.42 Å². The maximum atomic E-state index is 6.09. The fraction of sp³-hybridized carbons (Fsp3) is 0.250. The molecule has 0 fully saturated rings. The minimum Gasteiger partial charge on any atom is -0.496 e. The summed E-state index contributed by atoms with van der Waals surface area (Å²) in [6.07, 6.45) is 0.697. The van der Waals surface area contributed by atoms with E-state index in [2.05, 4.69) is 40.4 Å². The van der Waals surface area contributed by atoms with E-state index in [0.717, 1.165) is 21.3 Å². The van der Waals surface area contributed by atoms with Gasteiger partial charge in [-0.05, 0) is 60.4 Å². The summed E-state index contributed by atoms with van der Waals surface area (Å²) >= 11 is 9.56. The molecule has 0 radical (unpaired) electrons. The Balaban J connectivity index is 2.33. The predicted octanol–water partition coefficient (Wildman–Crippen LogP) is 4.17. The van der Waals surface area contributed by atoms with Gasteiger partial charge in [-0.25, -0.2) is 0 Å². The van der Waals surface area contributed by atoms with Gasteiger partial charge in [0.05, 0.1) is 13.2 Å². The number of nitrogens with one attached hydrogen (secondary N) is 1. The summed E-state index contributed by atoms with van der Waals surface area (Å²) < 4.78 is 6.45. The monoisotopic (exact) mass is 368 g/mol. The minimum absolute atomic E-state index is 0.00883. The van der Waals surface area contributed by atoms with Gasteiger partial charge in [0.2, 0.25) is 0 Å². The lowest BCUT2D eigenvalue weighted by Gasteiger charge is -2.20. The van der Waals surface area contributed by atoms with Crippen molar-refractivity contribution < 1.29 is 4.74 Å². The van der Waals surface area contributed by atoms with Crippen molar-refractivity contribution in [1.82, 2.24) is 5.43 Å². The van der Waals surface area contributed by atoms with Gasteiger partial charge >= 0.3 is 0 Å². The van der Waals surface area contributed by atoms with Crippen molar-refractivity contribution in [3.8, 4) is 5.75 Å². The molecule has 2 aromatic rings. The van der Waals surface area contributed by atoms with Crippen molar-refractivity contribution in [3.63, 3.8) is 0 Å². The number of halogens is 2. The zero-order valence-corrected chi connectivity index (χ0v) is 14.3. The molecule has 0 bridgehead atoms. The number of aryl methyl sites for hydroxylation is 1. The number of benzene rings is 2. The van der Waals surface area contributed by atoms with Gasteiger partial charge in [0.15, 0.2) is 0 Å². The average Bonchev–Trinajstić information content (AvgIpc) is 2.45. The van der Waals surface area contributed by atoms with E-state index in [1.807, 2.05) is 24.3 Å². The van der Waals surface area contributed by atoms with Gasteiger partial charge in [-0.2, -0.15) is 0 Å². The fourth-order valence-corrected chi connectivity index (χ4v) is 3.09. The van der Waals surface area contributed by atoms with Crippen LogP contribution >= 0.6 is 27.5 Å². The third-order valence-corrected chi connectivity index (χ3v) is 4.20. The summed E-state index contributed by atoms with van der Waals surface area (Å²) in [5.74, 6) is 6.57. The van der Waals surface area contributed by atoms with Crippen molar-refractivity contribution in [3.05, 3.63) is 62.6 Å². The van der Waals surface area contributed by atoms with Gasteiger partial charge in [0.25, 0.3) is 0 Å². The molecule has 0 aliphatic rings. The first-order chi connectivity index (χ1) is 10.0. The lowest BCUT2D eigenvalue weighted by Crippen LogP contribution is -2.30. The van der Waals surface area contributed by atoms with Crippen molar-refractivity contribution in [2.24, 2.45) is 5.84 Å². The molecule has 3 nitrogen and oxygen atoms in total. The zero-order valence-electron chi connectivity index (χ0n) is 12.0. The SMILES string of the molecule is COc1ccc(Cl)cc1CC(NN)c1ccc(Br)cc1C. The summed E-state index contributed by atoms with van der Waals surface area (Å²) in [5, 5.41) is 0.689. The molecular formula is C16H18BrClN2O. The van der Waals surface area contributed by atoms with Crippen molar-refractivity contribution >= 4 is 27.5 Å². The Morgan fingerprint density at radius 2 is 2.05 bits per heavy atom. The molecule has 0 aliphatic heterocycles.